The summed E-state index contributed by atoms with van der Waals surface area (Å²) in [5, 5.41) is 8.11. The number of anilines is 2. The Morgan fingerprint density at radius 2 is 2.29 bits per heavy atom. The van der Waals surface area contributed by atoms with Gasteiger partial charge in [0.1, 0.15) is 0 Å². The number of aromatic nitrogens is 2. The topological polar surface area (TPSA) is 55.9 Å². The van der Waals surface area contributed by atoms with Crippen molar-refractivity contribution in [1.29, 1.82) is 0 Å². The van der Waals surface area contributed by atoms with Gasteiger partial charge in [0.25, 0.3) is 0 Å². The van der Waals surface area contributed by atoms with Crippen molar-refractivity contribution in [2.75, 3.05) is 17.6 Å². The average Bonchev–Trinajstić information content (AvgIpc) is 2.68. The third kappa shape index (κ3) is 3.14. The summed E-state index contributed by atoms with van der Waals surface area (Å²) in [4.78, 5) is 0. The minimum Gasteiger partial charge on any atom is -0.397 e. The second-order valence-electron chi connectivity index (χ2n) is 3.94. The molecule has 1 aromatic heterocycles. The van der Waals surface area contributed by atoms with E-state index in [4.69, 9.17) is 17.3 Å². The molecule has 0 spiro atoms. The van der Waals surface area contributed by atoms with Gasteiger partial charge in [-0.1, -0.05) is 11.6 Å². The second kappa shape index (κ2) is 5.10. The van der Waals surface area contributed by atoms with Gasteiger partial charge in [-0.15, -0.1) is 0 Å². The molecule has 0 aliphatic rings. The van der Waals surface area contributed by atoms with Gasteiger partial charge in [-0.05, 0) is 30.7 Å². The molecule has 17 heavy (non-hydrogen) atoms. The predicted molar refractivity (Wildman–Crippen MR) is 71.3 cm³/mol. The fourth-order valence-electron chi connectivity index (χ4n) is 1.59. The number of nitrogens with two attached hydrogens (primary N) is 1. The van der Waals surface area contributed by atoms with E-state index in [0.29, 0.717) is 10.7 Å². The van der Waals surface area contributed by atoms with Crippen molar-refractivity contribution >= 4 is 23.0 Å². The molecule has 0 unspecified atom stereocenters. The van der Waals surface area contributed by atoms with Gasteiger partial charge < -0.3 is 11.1 Å². The third-order valence-electron chi connectivity index (χ3n) is 2.43. The average molecular weight is 251 g/mol. The highest BCUT2D eigenvalue weighted by atomic mass is 35.5. The van der Waals surface area contributed by atoms with Crippen LogP contribution in [0.15, 0.2) is 30.6 Å². The lowest BCUT2D eigenvalue weighted by atomic mass is 10.2. The van der Waals surface area contributed by atoms with Crippen LogP contribution in [0.4, 0.5) is 11.4 Å². The number of halogens is 1. The summed E-state index contributed by atoms with van der Waals surface area (Å²) in [6.45, 7) is 3.59. The molecular formula is C12H15ClN4. The van der Waals surface area contributed by atoms with Crippen molar-refractivity contribution in [2.45, 2.75) is 13.5 Å². The van der Waals surface area contributed by atoms with Gasteiger partial charge >= 0.3 is 0 Å². The first kappa shape index (κ1) is 11.8. The van der Waals surface area contributed by atoms with E-state index >= 15 is 0 Å². The van der Waals surface area contributed by atoms with Crippen molar-refractivity contribution in [3.05, 3.63) is 41.2 Å². The van der Waals surface area contributed by atoms with Gasteiger partial charge in [0.2, 0.25) is 0 Å². The minimum absolute atomic E-state index is 0.649. The molecule has 90 valence electrons. The Hall–Kier alpha value is -1.68. The Bertz CT molecular complexity index is 507. The number of hydrogen-bond donors (Lipinski definition) is 2. The molecule has 0 fully saturated rings. The molecule has 0 amide bonds. The lowest BCUT2D eigenvalue weighted by molar-refractivity contribution is 0.637. The van der Waals surface area contributed by atoms with E-state index in [0.717, 1.165) is 24.3 Å². The normalized spacial score (nSPS) is 10.5. The highest BCUT2D eigenvalue weighted by Gasteiger charge is 1.99. The van der Waals surface area contributed by atoms with Crippen molar-refractivity contribution in [3.8, 4) is 0 Å². The quantitative estimate of drug-likeness (QED) is 0.820. The first-order chi connectivity index (χ1) is 8.15. The number of rotatable bonds is 4. The van der Waals surface area contributed by atoms with Crippen molar-refractivity contribution < 1.29 is 0 Å². The standard InChI is InChI=1S/C12H15ClN4/c1-9-7-16-17(8-9)5-4-15-12-3-2-10(13)6-11(12)14/h2-3,6-8,15H,4-5,14H2,1H3. The fraction of sp³-hybridized carbons (Fsp3) is 0.250. The Morgan fingerprint density at radius 1 is 1.47 bits per heavy atom. The molecule has 3 N–H and O–H groups in total. The van der Waals surface area contributed by atoms with Crippen molar-refractivity contribution in [3.63, 3.8) is 0 Å². The highest BCUT2D eigenvalue weighted by molar-refractivity contribution is 6.31. The Morgan fingerprint density at radius 3 is 2.94 bits per heavy atom. The summed E-state index contributed by atoms with van der Waals surface area (Å²) in [7, 11) is 0. The van der Waals surface area contributed by atoms with E-state index < -0.39 is 0 Å². The second-order valence-corrected chi connectivity index (χ2v) is 4.38. The molecule has 1 heterocycles. The van der Waals surface area contributed by atoms with Crippen molar-refractivity contribution in [2.24, 2.45) is 0 Å². The van der Waals surface area contributed by atoms with Crippen LogP contribution in [0.3, 0.4) is 0 Å². The zero-order valence-electron chi connectivity index (χ0n) is 9.65. The Kier molecular flexibility index (Phi) is 3.54. The summed E-state index contributed by atoms with van der Waals surface area (Å²) in [6, 6.07) is 5.44. The van der Waals surface area contributed by atoms with Crippen LogP contribution < -0.4 is 11.1 Å². The van der Waals surface area contributed by atoms with Crippen LogP contribution in [0.5, 0.6) is 0 Å². The first-order valence-electron chi connectivity index (χ1n) is 5.43. The predicted octanol–water partition coefficient (Wildman–Crippen LogP) is 2.54. The van der Waals surface area contributed by atoms with Crippen LogP contribution in [-0.4, -0.2) is 16.3 Å². The molecule has 0 aliphatic carbocycles. The zero-order valence-corrected chi connectivity index (χ0v) is 10.4. The lowest BCUT2D eigenvalue weighted by Crippen LogP contribution is -2.11. The molecule has 0 saturated carbocycles. The van der Waals surface area contributed by atoms with Crippen LogP contribution in [0.1, 0.15) is 5.56 Å². The van der Waals surface area contributed by atoms with Gasteiger partial charge in [-0.2, -0.15) is 5.10 Å². The molecule has 2 rings (SSSR count). The summed E-state index contributed by atoms with van der Waals surface area (Å²) in [5.41, 5.74) is 8.56. The maximum Gasteiger partial charge on any atom is 0.0582 e. The number of nitrogens with zero attached hydrogens (tertiary/aromatic N) is 2. The number of hydrogen-bond acceptors (Lipinski definition) is 3. The molecule has 1 aromatic carbocycles. The molecule has 4 nitrogen and oxygen atoms in total. The van der Waals surface area contributed by atoms with Crippen LogP contribution in [0.25, 0.3) is 0 Å². The molecule has 0 radical (unpaired) electrons. The summed E-state index contributed by atoms with van der Waals surface area (Å²) in [6.07, 6.45) is 3.85. The SMILES string of the molecule is Cc1cnn(CCNc2ccc(Cl)cc2N)c1. The molecule has 2 aromatic rings. The molecular weight excluding hydrogens is 236 g/mol. The smallest absolute Gasteiger partial charge is 0.0582 e. The molecule has 0 bridgehead atoms. The van der Waals surface area contributed by atoms with E-state index in [9.17, 15) is 0 Å². The number of benzene rings is 1. The number of nitrogen functional groups attached to an aromatic ring is 1. The van der Waals surface area contributed by atoms with Gasteiger partial charge in [0.05, 0.1) is 24.1 Å². The zero-order chi connectivity index (χ0) is 12.3. The number of nitrogens with one attached hydrogen (secondary N) is 1. The summed E-state index contributed by atoms with van der Waals surface area (Å²) in [5.74, 6) is 0. The van der Waals surface area contributed by atoms with Crippen molar-refractivity contribution in [1.82, 2.24) is 9.78 Å². The molecule has 0 atom stereocenters. The molecule has 5 heteroatoms. The molecule has 0 saturated heterocycles. The van der Waals surface area contributed by atoms with Gasteiger partial charge in [0, 0.05) is 17.8 Å². The Balaban J connectivity index is 1.90. The van der Waals surface area contributed by atoms with E-state index in [-0.39, 0.29) is 0 Å². The molecule has 0 aliphatic heterocycles. The van der Waals surface area contributed by atoms with Crippen LogP contribution in [-0.2, 0) is 6.54 Å². The highest BCUT2D eigenvalue weighted by Crippen LogP contribution is 2.22. The van der Waals surface area contributed by atoms with E-state index in [1.165, 1.54) is 0 Å². The van der Waals surface area contributed by atoms with Gasteiger partial charge in [-0.3, -0.25) is 4.68 Å². The minimum atomic E-state index is 0.649. The largest absolute Gasteiger partial charge is 0.397 e. The lowest BCUT2D eigenvalue weighted by Gasteiger charge is -2.09. The maximum absolute atomic E-state index is 5.84. The Labute approximate surface area is 105 Å². The van der Waals surface area contributed by atoms with E-state index in [1.54, 1.807) is 6.07 Å². The first-order valence-corrected chi connectivity index (χ1v) is 5.81. The monoisotopic (exact) mass is 250 g/mol. The van der Waals surface area contributed by atoms with Crippen LogP contribution in [0, 0.1) is 6.92 Å². The summed E-state index contributed by atoms with van der Waals surface area (Å²) < 4.78 is 1.90. The number of aryl methyl sites for hydroxylation is 1. The van der Waals surface area contributed by atoms with Gasteiger partial charge in [-0.25, -0.2) is 0 Å². The maximum atomic E-state index is 5.84. The van der Waals surface area contributed by atoms with E-state index in [1.807, 2.05) is 36.1 Å². The van der Waals surface area contributed by atoms with Gasteiger partial charge in [0.15, 0.2) is 0 Å². The van der Waals surface area contributed by atoms with Crippen LogP contribution >= 0.6 is 11.6 Å². The third-order valence-corrected chi connectivity index (χ3v) is 2.67. The van der Waals surface area contributed by atoms with E-state index in [2.05, 4.69) is 10.4 Å². The van der Waals surface area contributed by atoms with Crippen LogP contribution in [0.2, 0.25) is 5.02 Å². The summed E-state index contributed by atoms with van der Waals surface area (Å²) >= 11 is 5.83. The fourth-order valence-corrected chi connectivity index (χ4v) is 1.77.